The van der Waals surface area contributed by atoms with Gasteiger partial charge in [0.05, 0.1) is 12.6 Å². The van der Waals surface area contributed by atoms with Crippen molar-refractivity contribution < 1.29 is 37.8 Å². The summed E-state index contributed by atoms with van der Waals surface area (Å²) in [6.07, 6.45) is 0.0506. The third-order valence-electron chi connectivity index (χ3n) is 5.23. The van der Waals surface area contributed by atoms with Crippen LogP contribution in [0.25, 0.3) is 0 Å². The van der Waals surface area contributed by atoms with Crippen molar-refractivity contribution >= 4 is 23.7 Å². The van der Waals surface area contributed by atoms with Gasteiger partial charge in [0.1, 0.15) is 12.6 Å². The van der Waals surface area contributed by atoms with Crippen LogP contribution in [-0.4, -0.2) is 71.4 Å². The van der Waals surface area contributed by atoms with Crippen molar-refractivity contribution in [3.63, 3.8) is 0 Å². The summed E-state index contributed by atoms with van der Waals surface area (Å²) in [7, 11) is 0. The number of benzene rings is 1. The minimum atomic E-state index is -4.40. The van der Waals surface area contributed by atoms with E-state index >= 15 is 0 Å². The molecule has 11 heteroatoms. The second-order valence-electron chi connectivity index (χ2n) is 8.04. The maximum atomic E-state index is 14.4. The Hall–Kier alpha value is -3.08. The molecular weight excluding hydrogens is 440 g/mol. The molecule has 3 amide bonds. The predicted octanol–water partition coefficient (Wildman–Crippen LogP) is 1.24. The van der Waals surface area contributed by atoms with E-state index in [0.717, 1.165) is 5.56 Å². The summed E-state index contributed by atoms with van der Waals surface area (Å²) in [6, 6.07) is 6.30. The molecule has 0 aromatic heterocycles. The van der Waals surface area contributed by atoms with Crippen LogP contribution in [0, 0.1) is 5.92 Å². The molecule has 182 valence electrons. The number of nitrogens with one attached hydrogen (secondary N) is 2. The number of rotatable bonds is 10. The number of nitrogens with zero attached hydrogens (tertiary/aromatic N) is 1. The Morgan fingerprint density at radius 1 is 1.21 bits per heavy atom. The van der Waals surface area contributed by atoms with Gasteiger partial charge in [-0.25, -0.2) is 4.79 Å². The largest absolute Gasteiger partial charge is 0.445 e. The Bertz CT molecular complexity index is 850. The highest BCUT2D eigenvalue weighted by Gasteiger charge is 2.51. The molecular formula is C22H29F2N3O6. The van der Waals surface area contributed by atoms with Crippen LogP contribution < -0.4 is 10.6 Å². The molecule has 2 unspecified atom stereocenters. The molecule has 2 atom stereocenters. The predicted molar refractivity (Wildman–Crippen MR) is 113 cm³/mol. The molecule has 3 N–H and O–H groups in total. The quantitative estimate of drug-likeness (QED) is 0.443. The lowest BCUT2D eigenvalue weighted by molar-refractivity contribution is -0.161. The van der Waals surface area contributed by atoms with Crippen LogP contribution in [0.2, 0.25) is 0 Å². The molecule has 2 rings (SSSR count). The van der Waals surface area contributed by atoms with Gasteiger partial charge in [-0.2, -0.15) is 8.78 Å². The summed E-state index contributed by atoms with van der Waals surface area (Å²) in [5.41, 5.74) is 0.762. The minimum absolute atomic E-state index is 0.00674. The van der Waals surface area contributed by atoms with Gasteiger partial charge in [0, 0.05) is 13.1 Å². The molecule has 0 radical (unpaired) electrons. The molecule has 9 nitrogen and oxygen atoms in total. The standard InChI is InChI=1S/C22H29F2N3O6/c1-14(2)17(18(29)22(23,24)20(31)25-10-12-28)26-19(30)16-9-6-11-27(16)21(32)33-13-15-7-4-3-5-8-15/h3-5,7-8,14,16-17,28H,6,9-13H2,1-2H3,(H,25,31)(H,26,30). The van der Waals surface area contributed by atoms with Crippen molar-refractivity contribution in [3.05, 3.63) is 35.9 Å². The molecule has 1 aliphatic heterocycles. The van der Waals surface area contributed by atoms with Crippen LogP contribution >= 0.6 is 0 Å². The van der Waals surface area contributed by atoms with Crippen molar-refractivity contribution in [3.8, 4) is 0 Å². The molecule has 0 aliphatic carbocycles. The van der Waals surface area contributed by atoms with Crippen molar-refractivity contribution in [2.24, 2.45) is 5.92 Å². The molecule has 1 aromatic carbocycles. The monoisotopic (exact) mass is 469 g/mol. The van der Waals surface area contributed by atoms with Crippen molar-refractivity contribution in [1.82, 2.24) is 15.5 Å². The van der Waals surface area contributed by atoms with Gasteiger partial charge in [0.25, 0.3) is 5.91 Å². The molecule has 0 spiro atoms. The topological polar surface area (TPSA) is 125 Å². The number of Topliss-reactive ketones (excluding diaryl/α,β-unsaturated/α-hetero) is 1. The molecule has 1 fully saturated rings. The Kier molecular flexibility index (Phi) is 9.27. The summed E-state index contributed by atoms with van der Waals surface area (Å²) in [5.74, 6) is -9.55. The van der Waals surface area contributed by atoms with Crippen molar-refractivity contribution in [2.75, 3.05) is 19.7 Å². The van der Waals surface area contributed by atoms with Gasteiger partial charge in [0.15, 0.2) is 0 Å². The van der Waals surface area contributed by atoms with Gasteiger partial charge < -0.3 is 20.5 Å². The zero-order valence-corrected chi connectivity index (χ0v) is 18.6. The number of aliphatic hydroxyl groups excluding tert-OH is 1. The number of carbonyl (C=O) groups is 4. The lowest BCUT2D eigenvalue weighted by atomic mass is 9.95. The lowest BCUT2D eigenvalue weighted by Crippen LogP contribution is -2.58. The lowest BCUT2D eigenvalue weighted by Gasteiger charge is -2.28. The van der Waals surface area contributed by atoms with E-state index < -0.39 is 60.8 Å². The highest BCUT2D eigenvalue weighted by Crippen LogP contribution is 2.23. The van der Waals surface area contributed by atoms with Crippen LogP contribution in [-0.2, 0) is 25.7 Å². The van der Waals surface area contributed by atoms with Gasteiger partial charge in [-0.05, 0) is 24.3 Å². The average molecular weight is 469 g/mol. The Morgan fingerprint density at radius 2 is 1.88 bits per heavy atom. The van der Waals surface area contributed by atoms with E-state index in [-0.39, 0.29) is 19.6 Å². The fourth-order valence-electron chi connectivity index (χ4n) is 3.43. The van der Waals surface area contributed by atoms with E-state index in [4.69, 9.17) is 9.84 Å². The van der Waals surface area contributed by atoms with Crippen LogP contribution in [0.5, 0.6) is 0 Å². The number of halogens is 2. The minimum Gasteiger partial charge on any atom is -0.445 e. The number of hydrogen-bond donors (Lipinski definition) is 3. The summed E-state index contributed by atoms with van der Waals surface area (Å²) in [5, 5.41) is 12.7. The average Bonchev–Trinajstić information content (AvgIpc) is 3.29. The summed E-state index contributed by atoms with van der Waals surface area (Å²) in [4.78, 5) is 50.7. The number of carbonyl (C=O) groups excluding carboxylic acids is 4. The third-order valence-corrected chi connectivity index (χ3v) is 5.23. The highest BCUT2D eigenvalue weighted by molar-refractivity contribution is 6.10. The zero-order valence-electron chi connectivity index (χ0n) is 18.6. The molecule has 33 heavy (non-hydrogen) atoms. The first kappa shape index (κ1) is 26.2. The maximum absolute atomic E-state index is 14.4. The van der Waals surface area contributed by atoms with Gasteiger partial charge in [-0.3, -0.25) is 19.3 Å². The fourth-order valence-corrected chi connectivity index (χ4v) is 3.43. The number of likely N-dealkylation sites (tertiary alicyclic amines) is 1. The van der Waals surface area contributed by atoms with Gasteiger partial charge in [-0.1, -0.05) is 44.2 Å². The summed E-state index contributed by atoms with van der Waals surface area (Å²) in [6.45, 7) is 2.13. The van der Waals surface area contributed by atoms with E-state index in [2.05, 4.69) is 5.32 Å². The third kappa shape index (κ3) is 6.70. The van der Waals surface area contributed by atoms with E-state index in [0.29, 0.717) is 6.42 Å². The first-order chi connectivity index (χ1) is 15.6. The second-order valence-corrected chi connectivity index (χ2v) is 8.04. The number of amides is 3. The smallest absolute Gasteiger partial charge is 0.410 e. The number of alkyl halides is 2. The van der Waals surface area contributed by atoms with Gasteiger partial charge in [0.2, 0.25) is 11.7 Å². The second kappa shape index (κ2) is 11.7. The van der Waals surface area contributed by atoms with Gasteiger partial charge in [-0.15, -0.1) is 0 Å². The number of aliphatic hydroxyl groups is 1. The van der Waals surface area contributed by atoms with Crippen LogP contribution in [0.15, 0.2) is 30.3 Å². The Morgan fingerprint density at radius 3 is 2.48 bits per heavy atom. The number of ether oxygens (including phenoxy) is 1. The number of hydrogen-bond acceptors (Lipinski definition) is 6. The van der Waals surface area contributed by atoms with Gasteiger partial charge >= 0.3 is 12.0 Å². The zero-order chi connectivity index (χ0) is 24.6. The molecule has 0 bridgehead atoms. The molecule has 1 heterocycles. The Balaban J connectivity index is 2.05. The van der Waals surface area contributed by atoms with Crippen LogP contribution in [0.1, 0.15) is 32.3 Å². The Labute approximate surface area is 190 Å². The highest BCUT2D eigenvalue weighted by atomic mass is 19.3. The fraction of sp³-hybridized carbons (Fsp3) is 0.545. The van der Waals surface area contributed by atoms with E-state index in [1.54, 1.807) is 29.6 Å². The van der Waals surface area contributed by atoms with E-state index in [1.165, 1.54) is 18.7 Å². The number of ketones is 1. The van der Waals surface area contributed by atoms with E-state index in [9.17, 15) is 28.0 Å². The molecule has 1 saturated heterocycles. The molecule has 1 aromatic rings. The normalized spacial score (nSPS) is 16.9. The van der Waals surface area contributed by atoms with E-state index in [1.807, 2.05) is 6.07 Å². The first-order valence-corrected chi connectivity index (χ1v) is 10.7. The van der Waals surface area contributed by atoms with Crippen molar-refractivity contribution in [2.45, 2.75) is 51.3 Å². The SMILES string of the molecule is CC(C)C(NC(=O)C1CCCN1C(=O)OCc1ccccc1)C(=O)C(F)(F)C(=O)NCCO. The first-order valence-electron chi connectivity index (χ1n) is 10.7. The van der Waals surface area contributed by atoms with Crippen LogP contribution in [0.3, 0.4) is 0 Å². The molecule has 0 saturated carbocycles. The van der Waals surface area contributed by atoms with Crippen LogP contribution in [0.4, 0.5) is 13.6 Å². The maximum Gasteiger partial charge on any atom is 0.410 e. The summed E-state index contributed by atoms with van der Waals surface area (Å²) >= 11 is 0. The van der Waals surface area contributed by atoms with Crippen molar-refractivity contribution in [1.29, 1.82) is 0 Å². The molecule has 1 aliphatic rings. The summed E-state index contributed by atoms with van der Waals surface area (Å²) < 4.78 is 34.0.